The van der Waals surface area contributed by atoms with Gasteiger partial charge in [-0.3, -0.25) is 0 Å². The Kier molecular flexibility index (Phi) is 5.21. The highest BCUT2D eigenvalue weighted by atomic mass is 79.9. The van der Waals surface area contributed by atoms with E-state index < -0.39 is 0 Å². The lowest BCUT2D eigenvalue weighted by Crippen LogP contribution is -2.19. The summed E-state index contributed by atoms with van der Waals surface area (Å²) in [5, 5.41) is 3.40. The number of hydrogen-bond acceptors (Lipinski definition) is 2. The van der Waals surface area contributed by atoms with Gasteiger partial charge >= 0.3 is 0 Å². The SMILES string of the molecule is CNC(Cc1ccccc1C)c1ccc(OC)cc1Br. The molecule has 2 aromatic rings. The van der Waals surface area contributed by atoms with E-state index in [0.717, 1.165) is 16.6 Å². The van der Waals surface area contributed by atoms with E-state index >= 15 is 0 Å². The number of hydrogen-bond donors (Lipinski definition) is 1. The standard InChI is InChI=1S/C17H20BrNO/c1-12-6-4-5-7-13(12)10-17(19-2)15-9-8-14(20-3)11-16(15)18/h4-9,11,17,19H,10H2,1-3H3. The average molecular weight is 334 g/mol. The first kappa shape index (κ1) is 15.1. The predicted octanol–water partition coefficient (Wildman–Crippen LogP) is 4.27. The molecule has 20 heavy (non-hydrogen) atoms. The zero-order valence-corrected chi connectivity index (χ0v) is 13.7. The molecular weight excluding hydrogens is 314 g/mol. The molecule has 0 spiro atoms. The average Bonchev–Trinajstić information content (AvgIpc) is 2.47. The summed E-state index contributed by atoms with van der Waals surface area (Å²) in [6.07, 6.45) is 0.966. The first-order valence-corrected chi connectivity index (χ1v) is 7.50. The van der Waals surface area contributed by atoms with Gasteiger partial charge in [-0.15, -0.1) is 0 Å². The van der Waals surface area contributed by atoms with Gasteiger partial charge in [0.15, 0.2) is 0 Å². The van der Waals surface area contributed by atoms with Crippen LogP contribution in [-0.4, -0.2) is 14.2 Å². The molecule has 2 nitrogen and oxygen atoms in total. The van der Waals surface area contributed by atoms with Crippen molar-refractivity contribution in [3.05, 3.63) is 63.6 Å². The minimum Gasteiger partial charge on any atom is -0.497 e. The van der Waals surface area contributed by atoms with Crippen molar-refractivity contribution in [2.75, 3.05) is 14.2 Å². The molecule has 2 rings (SSSR count). The molecule has 1 atom stereocenters. The van der Waals surface area contributed by atoms with Crippen molar-refractivity contribution < 1.29 is 4.74 Å². The number of aryl methyl sites for hydroxylation is 1. The normalized spacial score (nSPS) is 12.2. The Bertz CT molecular complexity index is 583. The van der Waals surface area contributed by atoms with E-state index in [-0.39, 0.29) is 6.04 Å². The van der Waals surface area contributed by atoms with Gasteiger partial charge in [0.2, 0.25) is 0 Å². The monoisotopic (exact) mass is 333 g/mol. The maximum absolute atomic E-state index is 5.25. The third-order valence-electron chi connectivity index (χ3n) is 3.62. The molecule has 0 aliphatic carbocycles. The van der Waals surface area contributed by atoms with Gasteiger partial charge in [0.25, 0.3) is 0 Å². The van der Waals surface area contributed by atoms with Crippen LogP contribution in [0.5, 0.6) is 5.75 Å². The summed E-state index contributed by atoms with van der Waals surface area (Å²) in [5.74, 6) is 0.867. The fourth-order valence-electron chi connectivity index (χ4n) is 2.34. The van der Waals surface area contributed by atoms with E-state index in [1.807, 2.05) is 19.2 Å². The lowest BCUT2D eigenvalue weighted by Gasteiger charge is -2.20. The molecule has 3 heteroatoms. The van der Waals surface area contributed by atoms with Crippen LogP contribution in [0, 0.1) is 6.92 Å². The lowest BCUT2D eigenvalue weighted by atomic mass is 9.96. The van der Waals surface area contributed by atoms with Crippen LogP contribution in [0.15, 0.2) is 46.9 Å². The van der Waals surface area contributed by atoms with Crippen molar-refractivity contribution in [1.82, 2.24) is 5.32 Å². The van der Waals surface area contributed by atoms with E-state index in [4.69, 9.17) is 4.74 Å². The zero-order valence-electron chi connectivity index (χ0n) is 12.1. The van der Waals surface area contributed by atoms with Crippen molar-refractivity contribution >= 4 is 15.9 Å². The summed E-state index contributed by atoms with van der Waals surface area (Å²) >= 11 is 3.64. The number of benzene rings is 2. The highest BCUT2D eigenvalue weighted by Gasteiger charge is 2.14. The summed E-state index contributed by atoms with van der Waals surface area (Å²) in [6.45, 7) is 2.16. The summed E-state index contributed by atoms with van der Waals surface area (Å²) in [6, 6.07) is 14.9. The van der Waals surface area contributed by atoms with Gasteiger partial charge in [0.1, 0.15) is 5.75 Å². The minimum atomic E-state index is 0.274. The molecule has 106 valence electrons. The van der Waals surface area contributed by atoms with Gasteiger partial charge in [-0.05, 0) is 49.2 Å². The molecule has 0 saturated heterocycles. The van der Waals surface area contributed by atoms with Crippen LogP contribution in [-0.2, 0) is 6.42 Å². The molecule has 0 radical (unpaired) electrons. The molecule has 0 aliphatic rings. The zero-order chi connectivity index (χ0) is 14.5. The summed E-state index contributed by atoms with van der Waals surface area (Å²) < 4.78 is 6.32. The van der Waals surface area contributed by atoms with Gasteiger partial charge in [-0.2, -0.15) is 0 Å². The second kappa shape index (κ2) is 6.91. The molecule has 0 fully saturated rings. The molecule has 0 amide bonds. The Morgan fingerprint density at radius 3 is 2.55 bits per heavy atom. The van der Waals surface area contributed by atoms with Crippen molar-refractivity contribution in [3.8, 4) is 5.75 Å². The van der Waals surface area contributed by atoms with Crippen LogP contribution < -0.4 is 10.1 Å². The quantitative estimate of drug-likeness (QED) is 0.882. The van der Waals surface area contributed by atoms with Crippen LogP contribution in [0.1, 0.15) is 22.7 Å². The Morgan fingerprint density at radius 2 is 1.95 bits per heavy atom. The van der Waals surface area contributed by atoms with Crippen LogP contribution >= 0.6 is 15.9 Å². The molecule has 0 bridgehead atoms. The number of ether oxygens (including phenoxy) is 1. The van der Waals surface area contributed by atoms with Gasteiger partial charge in [0.05, 0.1) is 7.11 Å². The summed E-state index contributed by atoms with van der Waals surface area (Å²) in [5.41, 5.74) is 3.95. The largest absolute Gasteiger partial charge is 0.497 e. The molecule has 0 heterocycles. The Labute approximate surface area is 129 Å². The van der Waals surface area contributed by atoms with Crippen molar-refractivity contribution in [3.63, 3.8) is 0 Å². The second-order valence-corrected chi connectivity index (χ2v) is 5.71. The first-order chi connectivity index (χ1) is 9.65. The van der Waals surface area contributed by atoms with Crippen molar-refractivity contribution in [1.29, 1.82) is 0 Å². The van der Waals surface area contributed by atoms with Crippen molar-refractivity contribution in [2.45, 2.75) is 19.4 Å². The van der Waals surface area contributed by atoms with Crippen LogP contribution in [0.25, 0.3) is 0 Å². The number of rotatable bonds is 5. The first-order valence-electron chi connectivity index (χ1n) is 6.71. The maximum Gasteiger partial charge on any atom is 0.120 e. The van der Waals surface area contributed by atoms with Crippen LogP contribution in [0.3, 0.4) is 0 Å². The van der Waals surface area contributed by atoms with Crippen LogP contribution in [0.2, 0.25) is 0 Å². The van der Waals surface area contributed by atoms with E-state index in [1.54, 1.807) is 7.11 Å². The van der Waals surface area contributed by atoms with E-state index in [2.05, 4.69) is 58.5 Å². The van der Waals surface area contributed by atoms with Gasteiger partial charge in [-0.25, -0.2) is 0 Å². The molecule has 0 aromatic heterocycles. The fourth-order valence-corrected chi connectivity index (χ4v) is 2.98. The number of methoxy groups -OCH3 is 1. The predicted molar refractivity (Wildman–Crippen MR) is 87.4 cm³/mol. The fraction of sp³-hybridized carbons (Fsp3) is 0.294. The highest BCUT2D eigenvalue weighted by molar-refractivity contribution is 9.10. The lowest BCUT2D eigenvalue weighted by molar-refractivity contribution is 0.414. The van der Waals surface area contributed by atoms with Gasteiger partial charge in [0, 0.05) is 10.5 Å². The van der Waals surface area contributed by atoms with E-state index in [1.165, 1.54) is 16.7 Å². The minimum absolute atomic E-state index is 0.274. The number of nitrogens with one attached hydrogen (secondary N) is 1. The molecule has 0 aliphatic heterocycles. The van der Waals surface area contributed by atoms with Gasteiger partial charge < -0.3 is 10.1 Å². The maximum atomic E-state index is 5.25. The number of likely N-dealkylation sites (N-methyl/N-ethyl adjacent to an activating group) is 1. The second-order valence-electron chi connectivity index (χ2n) is 4.86. The third kappa shape index (κ3) is 3.41. The molecule has 0 saturated carbocycles. The molecule has 1 N–H and O–H groups in total. The third-order valence-corrected chi connectivity index (χ3v) is 4.30. The molecule has 2 aromatic carbocycles. The smallest absolute Gasteiger partial charge is 0.120 e. The summed E-state index contributed by atoms with van der Waals surface area (Å²) in [7, 11) is 3.68. The van der Waals surface area contributed by atoms with Crippen molar-refractivity contribution in [2.24, 2.45) is 0 Å². The topological polar surface area (TPSA) is 21.3 Å². The Hall–Kier alpha value is -1.32. The number of halogens is 1. The van der Waals surface area contributed by atoms with E-state index in [0.29, 0.717) is 0 Å². The molecule has 1 unspecified atom stereocenters. The van der Waals surface area contributed by atoms with Gasteiger partial charge in [-0.1, -0.05) is 46.3 Å². The molecular formula is C17H20BrNO. The van der Waals surface area contributed by atoms with E-state index in [9.17, 15) is 0 Å². The Morgan fingerprint density at radius 1 is 1.20 bits per heavy atom. The highest BCUT2D eigenvalue weighted by Crippen LogP contribution is 2.30. The van der Waals surface area contributed by atoms with Crippen LogP contribution in [0.4, 0.5) is 0 Å². The summed E-state index contributed by atoms with van der Waals surface area (Å²) in [4.78, 5) is 0. The Balaban J connectivity index is 2.27.